The van der Waals surface area contributed by atoms with Crippen LogP contribution in [0.2, 0.25) is 0 Å². The maximum Gasteiger partial charge on any atom is 0.121 e. The Morgan fingerprint density at radius 3 is 3.00 bits per heavy atom. The first-order valence-electron chi connectivity index (χ1n) is 5.13. The molecule has 1 heterocycles. The minimum absolute atomic E-state index is 0.635. The Kier molecular flexibility index (Phi) is 3.41. The summed E-state index contributed by atoms with van der Waals surface area (Å²) in [6.07, 6.45) is 0.841. The number of aromatic nitrogens is 1. The molecule has 4 heteroatoms. The lowest BCUT2D eigenvalue weighted by atomic mass is 10.3. The molecule has 0 amide bonds. The SMILES string of the molecule is Cc1csc(CCOc2cccc(N)c2)n1. The molecule has 0 spiro atoms. The lowest BCUT2D eigenvalue weighted by Crippen LogP contribution is -2.01. The summed E-state index contributed by atoms with van der Waals surface area (Å²) in [6.45, 7) is 2.63. The lowest BCUT2D eigenvalue weighted by molar-refractivity contribution is 0.322. The number of benzene rings is 1. The van der Waals surface area contributed by atoms with Crippen LogP contribution in [-0.2, 0) is 6.42 Å². The number of hydrogen-bond donors (Lipinski definition) is 1. The van der Waals surface area contributed by atoms with Crippen LogP contribution in [0.3, 0.4) is 0 Å². The molecule has 0 aliphatic carbocycles. The number of thiazole rings is 1. The van der Waals surface area contributed by atoms with Gasteiger partial charge in [-0.2, -0.15) is 0 Å². The van der Waals surface area contributed by atoms with Crippen LogP contribution >= 0.6 is 11.3 Å². The van der Waals surface area contributed by atoms with E-state index in [2.05, 4.69) is 10.4 Å². The highest BCUT2D eigenvalue weighted by atomic mass is 32.1. The van der Waals surface area contributed by atoms with E-state index in [0.29, 0.717) is 6.61 Å². The second-order valence-electron chi connectivity index (χ2n) is 3.55. The minimum atomic E-state index is 0.635. The molecule has 0 unspecified atom stereocenters. The highest BCUT2D eigenvalue weighted by Crippen LogP contribution is 2.15. The molecule has 0 saturated carbocycles. The summed E-state index contributed by atoms with van der Waals surface area (Å²) in [5, 5.41) is 3.16. The van der Waals surface area contributed by atoms with Crippen molar-refractivity contribution in [2.75, 3.05) is 12.3 Å². The third-order valence-corrected chi connectivity index (χ3v) is 3.14. The van der Waals surface area contributed by atoms with Gasteiger partial charge in [0.15, 0.2) is 0 Å². The van der Waals surface area contributed by atoms with Gasteiger partial charge in [0.05, 0.1) is 11.6 Å². The fourth-order valence-corrected chi connectivity index (χ4v) is 2.14. The number of aryl methyl sites for hydroxylation is 1. The maximum absolute atomic E-state index is 5.65. The Bertz CT molecular complexity index is 468. The fourth-order valence-electron chi connectivity index (χ4n) is 1.38. The van der Waals surface area contributed by atoms with Gasteiger partial charge in [0.2, 0.25) is 0 Å². The summed E-state index contributed by atoms with van der Waals surface area (Å²) in [5.74, 6) is 0.813. The largest absolute Gasteiger partial charge is 0.493 e. The predicted molar refractivity (Wildman–Crippen MR) is 66.9 cm³/mol. The van der Waals surface area contributed by atoms with Gasteiger partial charge < -0.3 is 10.5 Å². The first-order chi connectivity index (χ1) is 7.74. The number of hydrogen-bond acceptors (Lipinski definition) is 4. The van der Waals surface area contributed by atoms with Crippen molar-refractivity contribution in [3.05, 3.63) is 40.3 Å². The van der Waals surface area contributed by atoms with Crippen LogP contribution < -0.4 is 10.5 Å². The topological polar surface area (TPSA) is 48.1 Å². The molecule has 84 valence electrons. The predicted octanol–water partition coefficient (Wildman–Crippen LogP) is 2.66. The van der Waals surface area contributed by atoms with Gasteiger partial charge in [-0.15, -0.1) is 11.3 Å². The Hall–Kier alpha value is -1.55. The summed E-state index contributed by atoms with van der Waals surface area (Å²) >= 11 is 1.67. The summed E-state index contributed by atoms with van der Waals surface area (Å²) in [7, 11) is 0. The molecule has 1 aromatic carbocycles. The molecule has 2 N–H and O–H groups in total. The van der Waals surface area contributed by atoms with Crippen LogP contribution in [0.25, 0.3) is 0 Å². The molecular formula is C12H14N2OS. The minimum Gasteiger partial charge on any atom is -0.493 e. The molecule has 0 radical (unpaired) electrons. The van der Waals surface area contributed by atoms with Crippen LogP contribution in [0.5, 0.6) is 5.75 Å². The van der Waals surface area contributed by atoms with Crippen molar-refractivity contribution in [3.63, 3.8) is 0 Å². The van der Waals surface area contributed by atoms with Crippen molar-refractivity contribution < 1.29 is 4.74 Å². The van der Waals surface area contributed by atoms with Crippen molar-refractivity contribution in [1.29, 1.82) is 0 Å². The molecular weight excluding hydrogens is 220 g/mol. The average Bonchev–Trinajstić information content (AvgIpc) is 2.64. The van der Waals surface area contributed by atoms with Crippen molar-refractivity contribution in [3.8, 4) is 5.75 Å². The lowest BCUT2D eigenvalue weighted by Gasteiger charge is -2.05. The normalized spacial score (nSPS) is 10.3. The standard InChI is InChI=1S/C12H14N2OS/c1-9-8-16-12(14-9)5-6-15-11-4-2-3-10(13)7-11/h2-4,7-8H,5-6,13H2,1H3. The molecule has 16 heavy (non-hydrogen) atoms. The van der Waals surface area contributed by atoms with Crippen LogP contribution in [0.1, 0.15) is 10.7 Å². The van der Waals surface area contributed by atoms with E-state index in [4.69, 9.17) is 10.5 Å². The zero-order valence-corrected chi connectivity index (χ0v) is 9.96. The van der Waals surface area contributed by atoms with Gasteiger partial charge in [0, 0.05) is 29.2 Å². The third-order valence-electron chi connectivity index (χ3n) is 2.11. The van der Waals surface area contributed by atoms with Crippen molar-refractivity contribution in [2.45, 2.75) is 13.3 Å². The highest BCUT2D eigenvalue weighted by molar-refractivity contribution is 7.09. The van der Waals surface area contributed by atoms with E-state index in [1.807, 2.05) is 31.2 Å². The Morgan fingerprint density at radius 2 is 2.31 bits per heavy atom. The highest BCUT2D eigenvalue weighted by Gasteiger charge is 1.99. The fraction of sp³-hybridized carbons (Fsp3) is 0.250. The number of rotatable bonds is 4. The van der Waals surface area contributed by atoms with Gasteiger partial charge in [-0.25, -0.2) is 4.98 Å². The van der Waals surface area contributed by atoms with E-state index in [-0.39, 0.29) is 0 Å². The molecule has 2 rings (SSSR count). The van der Waals surface area contributed by atoms with E-state index in [0.717, 1.165) is 28.6 Å². The zero-order chi connectivity index (χ0) is 11.4. The van der Waals surface area contributed by atoms with Gasteiger partial charge in [-0.05, 0) is 19.1 Å². The second-order valence-corrected chi connectivity index (χ2v) is 4.50. The van der Waals surface area contributed by atoms with E-state index in [1.54, 1.807) is 11.3 Å². The summed E-state index contributed by atoms with van der Waals surface area (Å²) in [6, 6.07) is 7.46. The second kappa shape index (κ2) is 4.99. The summed E-state index contributed by atoms with van der Waals surface area (Å²) in [4.78, 5) is 4.37. The van der Waals surface area contributed by atoms with Crippen molar-refractivity contribution >= 4 is 17.0 Å². The smallest absolute Gasteiger partial charge is 0.121 e. The van der Waals surface area contributed by atoms with Crippen LogP contribution in [0.4, 0.5) is 5.69 Å². The summed E-state index contributed by atoms with van der Waals surface area (Å²) < 4.78 is 5.59. The number of nitrogens with zero attached hydrogens (tertiary/aromatic N) is 1. The molecule has 0 fully saturated rings. The zero-order valence-electron chi connectivity index (χ0n) is 9.14. The number of nitrogens with two attached hydrogens (primary N) is 1. The molecule has 1 aromatic heterocycles. The van der Waals surface area contributed by atoms with E-state index in [1.165, 1.54) is 0 Å². The molecule has 2 aromatic rings. The van der Waals surface area contributed by atoms with E-state index < -0.39 is 0 Å². The molecule has 3 nitrogen and oxygen atoms in total. The molecule has 0 atom stereocenters. The first kappa shape index (κ1) is 11.0. The van der Waals surface area contributed by atoms with Crippen molar-refractivity contribution in [2.24, 2.45) is 0 Å². The number of anilines is 1. The van der Waals surface area contributed by atoms with E-state index >= 15 is 0 Å². The quantitative estimate of drug-likeness (QED) is 0.827. The molecule has 0 aliphatic rings. The Morgan fingerprint density at radius 1 is 1.44 bits per heavy atom. The van der Waals surface area contributed by atoms with Gasteiger partial charge in [-0.3, -0.25) is 0 Å². The maximum atomic E-state index is 5.65. The van der Waals surface area contributed by atoms with E-state index in [9.17, 15) is 0 Å². The number of nitrogen functional groups attached to an aromatic ring is 1. The summed E-state index contributed by atoms with van der Waals surface area (Å²) in [5.41, 5.74) is 7.45. The first-order valence-corrected chi connectivity index (χ1v) is 6.01. The van der Waals surface area contributed by atoms with Crippen molar-refractivity contribution in [1.82, 2.24) is 4.98 Å². The van der Waals surface area contributed by atoms with Gasteiger partial charge >= 0.3 is 0 Å². The van der Waals surface area contributed by atoms with Gasteiger partial charge in [0.1, 0.15) is 5.75 Å². The number of ether oxygens (including phenoxy) is 1. The average molecular weight is 234 g/mol. The van der Waals surface area contributed by atoms with Crippen LogP contribution in [0, 0.1) is 6.92 Å². The Labute approximate surface area is 98.9 Å². The molecule has 0 aliphatic heterocycles. The van der Waals surface area contributed by atoms with Crippen LogP contribution in [0.15, 0.2) is 29.6 Å². The van der Waals surface area contributed by atoms with Gasteiger partial charge in [-0.1, -0.05) is 6.07 Å². The Balaban J connectivity index is 1.84. The van der Waals surface area contributed by atoms with Gasteiger partial charge in [0.25, 0.3) is 0 Å². The third kappa shape index (κ3) is 2.97. The molecule has 0 bridgehead atoms. The van der Waals surface area contributed by atoms with Crippen LogP contribution in [-0.4, -0.2) is 11.6 Å². The molecule has 0 saturated heterocycles. The monoisotopic (exact) mass is 234 g/mol.